The molecule has 0 radical (unpaired) electrons. The number of nitrogens with zero attached hydrogens (tertiary/aromatic N) is 5. The molecule has 2 aromatic carbocycles. The maximum absolute atomic E-state index is 12.7. The molecule has 2 heterocycles. The Hall–Kier alpha value is -4.00. The van der Waals surface area contributed by atoms with Crippen molar-refractivity contribution in [2.45, 2.75) is 31.6 Å². The molecule has 9 heteroatoms. The zero-order valence-electron chi connectivity index (χ0n) is 22.2. The summed E-state index contributed by atoms with van der Waals surface area (Å²) in [6.07, 6.45) is 4.02. The minimum atomic E-state index is -0.370. The van der Waals surface area contributed by atoms with Crippen molar-refractivity contribution in [3.8, 4) is 23.1 Å². The molecule has 0 fully saturated rings. The van der Waals surface area contributed by atoms with E-state index >= 15 is 0 Å². The van der Waals surface area contributed by atoms with E-state index in [-0.39, 0.29) is 17.9 Å². The van der Waals surface area contributed by atoms with Gasteiger partial charge < -0.3 is 25.0 Å². The van der Waals surface area contributed by atoms with Crippen LogP contribution in [0.3, 0.4) is 0 Å². The standard InChI is InChI=1S/C29H32N6O3/c1-29(17-36)8-5-21-20(15-30)11-19(12-22(21)29)23-6-9-31-28(32-23)33-24-13-18-7-10-35(27(37)16-34(2)3)25(18)14-26(24)38-4/h6,9,11-14,36H,5,7-8,10,16-17H2,1-4H3,(H,31,32,33). The molecule has 196 valence electrons. The fourth-order valence-corrected chi connectivity index (χ4v) is 5.43. The van der Waals surface area contributed by atoms with Crippen molar-refractivity contribution < 1.29 is 14.6 Å². The first-order chi connectivity index (χ1) is 18.3. The first-order valence-electron chi connectivity index (χ1n) is 12.7. The normalized spacial score (nSPS) is 17.8. The Morgan fingerprint density at radius 1 is 1.29 bits per heavy atom. The number of aliphatic hydroxyl groups excluding tert-OH is 1. The molecule has 1 amide bonds. The Balaban J connectivity index is 1.46. The fourth-order valence-electron chi connectivity index (χ4n) is 5.43. The van der Waals surface area contributed by atoms with Gasteiger partial charge in [-0.2, -0.15) is 5.26 Å². The molecule has 1 atom stereocenters. The van der Waals surface area contributed by atoms with Crippen LogP contribution in [0.5, 0.6) is 5.75 Å². The molecule has 1 aliphatic heterocycles. The van der Waals surface area contributed by atoms with E-state index in [9.17, 15) is 15.2 Å². The third-order valence-electron chi connectivity index (χ3n) is 7.54. The van der Waals surface area contributed by atoms with Crippen molar-refractivity contribution in [2.75, 3.05) is 51.1 Å². The van der Waals surface area contributed by atoms with E-state index in [0.717, 1.165) is 47.2 Å². The smallest absolute Gasteiger partial charge is 0.241 e. The molecule has 38 heavy (non-hydrogen) atoms. The Morgan fingerprint density at radius 3 is 2.82 bits per heavy atom. The summed E-state index contributed by atoms with van der Waals surface area (Å²) in [4.78, 5) is 25.5. The van der Waals surface area contributed by atoms with Crippen molar-refractivity contribution in [3.63, 3.8) is 0 Å². The van der Waals surface area contributed by atoms with Gasteiger partial charge in [-0.1, -0.05) is 6.92 Å². The number of amides is 1. The summed E-state index contributed by atoms with van der Waals surface area (Å²) in [7, 11) is 5.36. The number of carbonyl (C=O) groups excluding carboxylic acids is 1. The second-order valence-corrected chi connectivity index (χ2v) is 10.5. The maximum atomic E-state index is 12.7. The van der Waals surface area contributed by atoms with E-state index in [2.05, 4.69) is 16.4 Å². The van der Waals surface area contributed by atoms with Crippen LogP contribution in [0.25, 0.3) is 11.3 Å². The van der Waals surface area contributed by atoms with Gasteiger partial charge in [-0.05, 0) is 74.3 Å². The molecule has 1 aromatic heterocycles. The van der Waals surface area contributed by atoms with Crippen molar-refractivity contribution >= 4 is 23.2 Å². The van der Waals surface area contributed by atoms with Crippen molar-refractivity contribution in [1.82, 2.24) is 14.9 Å². The number of rotatable bonds is 7. The molecule has 2 N–H and O–H groups in total. The van der Waals surface area contributed by atoms with Gasteiger partial charge in [0, 0.05) is 29.8 Å². The lowest BCUT2D eigenvalue weighted by molar-refractivity contribution is -0.119. The van der Waals surface area contributed by atoms with Crippen LogP contribution >= 0.6 is 0 Å². The number of hydrogen-bond donors (Lipinski definition) is 2. The summed E-state index contributed by atoms with van der Waals surface area (Å²) >= 11 is 0. The van der Waals surface area contributed by atoms with E-state index in [1.165, 1.54) is 0 Å². The zero-order chi connectivity index (χ0) is 27.0. The summed E-state index contributed by atoms with van der Waals surface area (Å²) in [5, 5.41) is 23.1. The highest BCUT2D eigenvalue weighted by atomic mass is 16.5. The van der Waals surface area contributed by atoms with Crippen LogP contribution < -0.4 is 15.0 Å². The molecular formula is C29H32N6O3. The predicted octanol–water partition coefficient (Wildman–Crippen LogP) is 3.41. The molecular weight excluding hydrogens is 480 g/mol. The topological polar surface area (TPSA) is 115 Å². The minimum absolute atomic E-state index is 0.0290. The van der Waals surface area contributed by atoms with Crippen LogP contribution in [0.1, 0.15) is 35.6 Å². The van der Waals surface area contributed by atoms with Crippen molar-refractivity contribution in [1.29, 1.82) is 5.26 Å². The highest BCUT2D eigenvalue weighted by Crippen LogP contribution is 2.42. The van der Waals surface area contributed by atoms with Gasteiger partial charge in [0.1, 0.15) is 5.75 Å². The number of hydrogen-bond acceptors (Lipinski definition) is 8. The molecule has 2 aliphatic rings. The highest BCUT2D eigenvalue weighted by Gasteiger charge is 2.36. The number of benzene rings is 2. The van der Waals surface area contributed by atoms with Gasteiger partial charge in [-0.25, -0.2) is 9.97 Å². The summed E-state index contributed by atoms with van der Waals surface area (Å²) in [6.45, 7) is 3.04. The number of aromatic nitrogens is 2. The first-order valence-corrected chi connectivity index (χ1v) is 12.7. The summed E-state index contributed by atoms with van der Waals surface area (Å²) in [5.74, 6) is 1.03. The van der Waals surface area contributed by atoms with Crippen LogP contribution in [-0.2, 0) is 23.1 Å². The van der Waals surface area contributed by atoms with Crippen molar-refractivity contribution in [2.24, 2.45) is 0 Å². The molecule has 0 bridgehead atoms. The zero-order valence-corrected chi connectivity index (χ0v) is 22.2. The predicted molar refractivity (Wildman–Crippen MR) is 146 cm³/mol. The number of aliphatic hydroxyl groups is 1. The largest absolute Gasteiger partial charge is 0.494 e. The maximum Gasteiger partial charge on any atom is 0.241 e. The number of fused-ring (bicyclic) bond motifs is 2. The Morgan fingerprint density at radius 2 is 2.11 bits per heavy atom. The van der Waals surface area contributed by atoms with Crippen LogP contribution in [0.2, 0.25) is 0 Å². The van der Waals surface area contributed by atoms with Crippen LogP contribution in [-0.4, -0.2) is 66.8 Å². The summed E-state index contributed by atoms with van der Waals surface area (Å²) in [5.41, 5.74) is 6.39. The first kappa shape index (κ1) is 25.6. The van der Waals surface area contributed by atoms with E-state index in [1.54, 1.807) is 18.2 Å². The van der Waals surface area contributed by atoms with Gasteiger partial charge in [0.25, 0.3) is 0 Å². The third kappa shape index (κ3) is 4.57. The third-order valence-corrected chi connectivity index (χ3v) is 7.54. The molecule has 3 aromatic rings. The number of carbonyl (C=O) groups is 1. The molecule has 0 saturated carbocycles. The lowest BCUT2D eigenvalue weighted by Gasteiger charge is -2.23. The van der Waals surface area contributed by atoms with E-state index in [0.29, 0.717) is 41.7 Å². The monoisotopic (exact) mass is 512 g/mol. The van der Waals surface area contributed by atoms with Crippen molar-refractivity contribution in [3.05, 3.63) is 58.8 Å². The van der Waals surface area contributed by atoms with E-state index in [1.807, 2.05) is 56.3 Å². The van der Waals surface area contributed by atoms with Gasteiger partial charge >= 0.3 is 0 Å². The summed E-state index contributed by atoms with van der Waals surface area (Å²) < 4.78 is 5.66. The number of nitrogens with one attached hydrogen (secondary N) is 1. The molecule has 1 aliphatic carbocycles. The van der Waals surface area contributed by atoms with Crippen LogP contribution in [0.4, 0.5) is 17.3 Å². The van der Waals surface area contributed by atoms with Gasteiger partial charge in [-0.3, -0.25) is 4.79 Å². The number of methoxy groups -OCH3 is 1. The average Bonchev–Trinajstić information content (AvgIpc) is 3.48. The van der Waals surface area contributed by atoms with Crippen LogP contribution in [0.15, 0.2) is 36.5 Å². The lowest BCUT2D eigenvalue weighted by Crippen LogP contribution is -2.36. The Bertz CT molecular complexity index is 1450. The quantitative estimate of drug-likeness (QED) is 0.495. The van der Waals surface area contributed by atoms with Gasteiger partial charge in [0.15, 0.2) is 0 Å². The lowest BCUT2D eigenvalue weighted by atomic mass is 9.83. The van der Waals surface area contributed by atoms with Crippen LogP contribution in [0, 0.1) is 11.3 Å². The fraction of sp³-hybridized carbons (Fsp3) is 0.379. The van der Waals surface area contributed by atoms with E-state index < -0.39 is 0 Å². The Kier molecular flexibility index (Phi) is 6.78. The van der Waals surface area contributed by atoms with Gasteiger partial charge in [0.05, 0.1) is 49.0 Å². The van der Waals surface area contributed by atoms with E-state index in [4.69, 9.17) is 9.72 Å². The number of ether oxygens (including phenoxy) is 1. The number of nitriles is 1. The second-order valence-electron chi connectivity index (χ2n) is 10.5. The minimum Gasteiger partial charge on any atom is -0.494 e. The highest BCUT2D eigenvalue weighted by molar-refractivity contribution is 5.97. The molecule has 0 saturated heterocycles. The van der Waals surface area contributed by atoms with Gasteiger partial charge in [-0.15, -0.1) is 0 Å². The van der Waals surface area contributed by atoms with Gasteiger partial charge in [0.2, 0.25) is 11.9 Å². The second kappa shape index (κ2) is 10.0. The SMILES string of the molecule is COc1cc2c(cc1Nc1nccc(-c3cc(C#N)c4c(c3)C(C)(CO)CC4)n1)CCN2C(=O)CN(C)C. The number of anilines is 3. The number of likely N-dealkylation sites (N-methyl/N-ethyl adjacent to an activating group) is 1. The Labute approximate surface area is 222 Å². The average molecular weight is 513 g/mol. The molecule has 0 spiro atoms. The molecule has 1 unspecified atom stereocenters. The molecule has 5 rings (SSSR count). The summed E-state index contributed by atoms with van der Waals surface area (Å²) in [6, 6.07) is 11.9. The molecule has 9 nitrogen and oxygen atoms in total.